The zero-order valence-electron chi connectivity index (χ0n) is 5.11. The molecule has 0 saturated carbocycles. The Morgan fingerprint density at radius 3 is 1.43 bits per heavy atom. The van der Waals surface area contributed by atoms with Gasteiger partial charge in [-0.2, -0.15) is 0 Å². The molecule has 0 saturated heterocycles. The molecule has 0 rings (SSSR count). The zero-order valence-corrected chi connectivity index (χ0v) is 10.0. The molecule has 0 heterocycles. The molecule has 0 aliphatic heterocycles. The summed E-state index contributed by atoms with van der Waals surface area (Å²) in [5.41, 5.74) is 0. The van der Waals surface area contributed by atoms with Gasteiger partial charge < -0.3 is 0 Å². The predicted molar refractivity (Wildman–Crippen MR) is 34.0 cm³/mol. The van der Waals surface area contributed by atoms with Crippen LogP contribution in [-0.2, 0) is 19.5 Å². The molecule has 0 fully saturated rings. The number of hydrogen-bond acceptors (Lipinski definition) is 0. The summed E-state index contributed by atoms with van der Waals surface area (Å²) in [6.45, 7) is 4.50. The fourth-order valence-electron chi connectivity index (χ4n) is 0.289. The van der Waals surface area contributed by atoms with E-state index in [2.05, 4.69) is 13.8 Å². The van der Waals surface area contributed by atoms with Crippen molar-refractivity contribution in [3.8, 4) is 0 Å². The molecule has 0 aliphatic rings. The van der Waals surface area contributed by atoms with Crippen molar-refractivity contribution in [1.82, 2.24) is 0 Å². The van der Waals surface area contributed by atoms with Gasteiger partial charge in [0.2, 0.25) is 0 Å². The first kappa shape index (κ1) is 15.8. The largest absolute Gasteiger partial charge is 0.198 e. The summed E-state index contributed by atoms with van der Waals surface area (Å²) in [5, 5.41) is 2.85. The molecule has 0 atom stereocenters. The molecule has 0 spiro atoms. The van der Waals surface area contributed by atoms with E-state index in [0.717, 1.165) is 15.2 Å². The standard InChI is InChI=1S/2C2H5.Al.ClH.Zn/c2*1-2;;;/h2*1H2,2H3;;1H;. The minimum Gasteiger partial charge on any atom is -0.147 e. The van der Waals surface area contributed by atoms with Gasteiger partial charge in [-0.15, -0.1) is 23.0 Å². The summed E-state index contributed by atoms with van der Waals surface area (Å²) in [4.78, 5) is 0. The third-order valence-electron chi connectivity index (χ3n) is 0.577. The summed E-state index contributed by atoms with van der Waals surface area (Å²) in [6.07, 6.45) is 0. The second-order valence-corrected chi connectivity index (χ2v) is 3.32. The molecule has 7 heavy (non-hydrogen) atoms. The van der Waals surface area contributed by atoms with Gasteiger partial charge in [-0.3, -0.25) is 0 Å². The quantitative estimate of drug-likeness (QED) is 0.579. The Morgan fingerprint density at radius 1 is 1.14 bits per heavy atom. The molecule has 0 nitrogen and oxygen atoms in total. The van der Waals surface area contributed by atoms with Crippen molar-refractivity contribution in [2.45, 2.75) is 24.4 Å². The van der Waals surface area contributed by atoms with Crippen molar-refractivity contribution in [3.05, 3.63) is 0 Å². The van der Waals surface area contributed by atoms with Gasteiger partial charge in [0.05, 0.1) is 0 Å². The van der Waals surface area contributed by atoms with E-state index in [1.54, 1.807) is 0 Å². The van der Waals surface area contributed by atoms with Gasteiger partial charge in [-0.1, -0.05) is 13.8 Å². The Bertz CT molecular complexity index is 19.2. The maximum absolute atomic E-state index is 2.25. The van der Waals surface area contributed by atoms with Crippen LogP contribution < -0.4 is 0 Å². The molecule has 0 N–H and O–H groups in total. The van der Waals surface area contributed by atoms with Crippen LogP contribution in [0.3, 0.4) is 0 Å². The van der Waals surface area contributed by atoms with E-state index >= 15 is 0 Å². The van der Waals surface area contributed by atoms with Gasteiger partial charge in [0.25, 0.3) is 0 Å². The Morgan fingerprint density at radius 2 is 1.43 bits per heavy atom. The number of hydrogen-bond donors (Lipinski definition) is 0. The number of halogens is 1. The van der Waals surface area contributed by atoms with E-state index in [1.807, 2.05) is 0 Å². The van der Waals surface area contributed by atoms with Crippen molar-refractivity contribution in [2.24, 2.45) is 0 Å². The van der Waals surface area contributed by atoms with Crippen LogP contribution in [0.25, 0.3) is 0 Å². The van der Waals surface area contributed by atoms with E-state index in [1.165, 1.54) is 10.6 Å². The molecule has 0 aliphatic carbocycles. The second kappa shape index (κ2) is 15.7. The number of rotatable bonds is 2. The van der Waals surface area contributed by atoms with Crippen LogP contribution >= 0.6 is 12.4 Å². The third kappa shape index (κ3) is 18.6. The van der Waals surface area contributed by atoms with Gasteiger partial charge in [-0.25, -0.2) is 0 Å². The van der Waals surface area contributed by atoms with Crippen molar-refractivity contribution in [2.75, 3.05) is 0 Å². The van der Waals surface area contributed by atoms with Crippen molar-refractivity contribution in [1.29, 1.82) is 0 Å². The van der Waals surface area contributed by atoms with Crippen LogP contribution in [0.5, 0.6) is 0 Å². The summed E-state index contributed by atoms with van der Waals surface area (Å²) in [6, 6.07) is 0. The molecule has 0 bridgehead atoms. The van der Waals surface area contributed by atoms with Gasteiger partial charge in [0, 0.05) is 19.5 Å². The Hall–Kier alpha value is 1.45. The average molecular weight is 187 g/mol. The molecule has 1 radical (unpaired) electrons. The first-order valence-electron chi connectivity index (χ1n) is 2.23. The molecule has 39 valence electrons. The summed E-state index contributed by atoms with van der Waals surface area (Å²) in [7, 11) is 0. The average Bonchev–Trinajstić information content (AvgIpc) is 1.41. The van der Waals surface area contributed by atoms with E-state index in [9.17, 15) is 0 Å². The Balaban J connectivity index is -0.0000000800. The summed E-state index contributed by atoms with van der Waals surface area (Å²) >= 11 is 0.815. The first-order valence-corrected chi connectivity index (χ1v) is 3.86. The molecule has 0 aromatic rings. The zero-order chi connectivity index (χ0) is 4.12. The fraction of sp³-hybridized carbons (Fsp3) is 1.00. The van der Waals surface area contributed by atoms with Gasteiger partial charge in [0.15, 0.2) is 15.2 Å². The van der Waals surface area contributed by atoms with E-state index in [4.69, 9.17) is 0 Å². The van der Waals surface area contributed by atoms with Gasteiger partial charge >= 0.3 is 0 Å². The molecule has 0 unspecified atom stereocenters. The monoisotopic (exact) mass is 185 g/mol. The fourth-order valence-corrected chi connectivity index (χ4v) is 0.866. The van der Waals surface area contributed by atoms with Gasteiger partial charge in [0.1, 0.15) is 0 Å². The summed E-state index contributed by atoms with van der Waals surface area (Å²) in [5.74, 6) is 0. The smallest absolute Gasteiger partial charge is 0.147 e. The SMILES string of the molecule is C[CH2][Al][CH2]C.Cl.[Zn]. The minimum absolute atomic E-state index is 0. The van der Waals surface area contributed by atoms with Gasteiger partial charge in [-0.05, 0) is 0 Å². The molecular weight excluding hydrogens is 176 g/mol. The van der Waals surface area contributed by atoms with Crippen molar-refractivity contribution in [3.63, 3.8) is 0 Å². The van der Waals surface area contributed by atoms with Crippen LogP contribution in [0.15, 0.2) is 0 Å². The molecule has 0 aromatic heterocycles. The van der Waals surface area contributed by atoms with Crippen LogP contribution in [0.1, 0.15) is 13.8 Å². The van der Waals surface area contributed by atoms with Crippen molar-refractivity contribution < 1.29 is 19.5 Å². The molecular formula is C4H11AlClZn. The van der Waals surface area contributed by atoms with E-state index in [0.29, 0.717) is 0 Å². The second-order valence-electron chi connectivity index (χ2n) is 1.11. The van der Waals surface area contributed by atoms with Crippen LogP contribution in [0, 0.1) is 0 Å². The molecule has 3 heteroatoms. The van der Waals surface area contributed by atoms with Crippen LogP contribution in [0.4, 0.5) is 0 Å². The van der Waals surface area contributed by atoms with E-state index in [-0.39, 0.29) is 31.9 Å². The normalized spacial score (nSPS) is 5.43. The summed E-state index contributed by atoms with van der Waals surface area (Å²) < 4.78 is 0. The maximum atomic E-state index is 2.25. The van der Waals surface area contributed by atoms with Crippen LogP contribution in [-0.4, -0.2) is 15.2 Å². The van der Waals surface area contributed by atoms with E-state index < -0.39 is 0 Å². The predicted octanol–water partition coefficient (Wildman–Crippen LogP) is 1.99. The Labute approximate surface area is 71.3 Å². The minimum atomic E-state index is 0. The van der Waals surface area contributed by atoms with Crippen LogP contribution in [0.2, 0.25) is 10.6 Å². The topological polar surface area (TPSA) is 0 Å². The molecule has 0 amide bonds. The van der Waals surface area contributed by atoms with Crippen molar-refractivity contribution >= 4 is 27.6 Å². The third-order valence-corrected chi connectivity index (χ3v) is 1.73. The Kier molecular flexibility index (Phi) is 35.3. The maximum Gasteiger partial charge on any atom is 0.198 e. The molecule has 0 aromatic carbocycles. The first-order chi connectivity index (χ1) is 2.41.